The van der Waals surface area contributed by atoms with Crippen molar-refractivity contribution in [3.05, 3.63) is 41.7 Å². The number of nitrogens with zero attached hydrogens (tertiary/aromatic N) is 4. The van der Waals surface area contributed by atoms with Crippen molar-refractivity contribution >= 4 is 21.7 Å². The average Bonchev–Trinajstić information content (AvgIpc) is 3.62. The Morgan fingerprint density at radius 1 is 0.943 bits per heavy atom. The summed E-state index contributed by atoms with van der Waals surface area (Å²) in [5.41, 5.74) is -0.816. The molecule has 0 aromatic carbocycles. The van der Waals surface area contributed by atoms with Gasteiger partial charge in [-0.2, -0.15) is 30.6 Å². The van der Waals surface area contributed by atoms with Crippen LogP contribution >= 0.6 is 0 Å². The number of hydrogen-bond donors (Lipinski definition) is 2. The maximum absolute atomic E-state index is 13.3. The first-order valence-corrected chi connectivity index (χ1v) is 11.9. The molecule has 8 nitrogen and oxygen atoms in total. The molecule has 0 unspecified atom stereocenters. The first-order chi connectivity index (χ1) is 16.2. The lowest BCUT2D eigenvalue weighted by Gasteiger charge is -2.36. The molecule has 0 bridgehead atoms. The van der Waals surface area contributed by atoms with Crippen LogP contribution in [-0.4, -0.2) is 66.3 Å². The van der Waals surface area contributed by atoms with Gasteiger partial charge in [-0.3, -0.25) is 0 Å². The molecule has 3 heterocycles. The van der Waals surface area contributed by atoms with Crippen LogP contribution in [0.15, 0.2) is 35.5 Å². The first-order valence-electron chi connectivity index (χ1n) is 10.5. The molecular formula is C20H21F6N5O3S. The predicted molar refractivity (Wildman–Crippen MR) is 112 cm³/mol. The minimum Gasteiger partial charge on any atom is -0.384 e. The molecule has 2 fully saturated rings. The van der Waals surface area contributed by atoms with Crippen molar-refractivity contribution < 1.29 is 39.9 Å². The Balaban J connectivity index is 1.60. The van der Waals surface area contributed by atoms with E-state index in [9.17, 15) is 39.9 Å². The molecule has 192 valence electrons. The zero-order valence-corrected chi connectivity index (χ0v) is 18.8. The Morgan fingerprint density at radius 3 is 2.03 bits per heavy atom. The van der Waals surface area contributed by atoms with Crippen molar-refractivity contribution in [3.8, 4) is 0 Å². The van der Waals surface area contributed by atoms with E-state index in [0.29, 0.717) is 25.1 Å². The summed E-state index contributed by atoms with van der Waals surface area (Å²) in [5, 5.41) is 9.74. The van der Waals surface area contributed by atoms with E-state index >= 15 is 0 Å². The Bertz CT molecular complexity index is 1180. The van der Waals surface area contributed by atoms with Gasteiger partial charge >= 0.3 is 12.4 Å². The van der Waals surface area contributed by atoms with Gasteiger partial charge in [-0.05, 0) is 42.5 Å². The lowest BCUT2D eigenvalue weighted by Crippen LogP contribution is -2.54. The summed E-state index contributed by atoms with van der Waals surface area (Å²) in [6.45, 7) is 0.234. The molecule has 0 amide bonds. The summed E-state index contributed by atoms with van der Waals surface area (Å²) in [5.74, 6) is 0.0266. The molecule has 2 aromatic rings. The van der Waals surface area contributed by atoms with E-state index in [-0.39, 0.29) is 54.2 Å². The average molecular weight is 525 g/mol. The van der Waals surface area contributed by atoms with E-state index in [1.54, 1.807) is 4.90 Å². The predicted octanol–water partition coefficient (Wildman–Crippen LogP) is 2.76. The van der Waals surface area contributed by atoms with E-state index in [2.05, 4.69) is 9.97 Å². The van der Waals surface area contributed by atoms with E-state index < -0.39 is 33.5 Å². The topological polar surface area (TPSA) is 113 Å². The van der Waals surface area contributed by atoms with Crippen LogP contribution in [0.4, 0.5) is 38.0 Å². The normalized spacial score (nSPS) is 18.7. The van der Waals surface area contributed by atoms with Crippen molar-refractivity contribution in [1.29, 1.82) is 0 Å². The fourth-order valence-corrected chi connectivity index (χ4v) is 5.32. The molecular weight excluding hydrogens is 504 g/mol. The standard InChI is InChI=1S/C20H21F6N5O3S/c21-19(22,23)18(32,20(24,25)26)13-9-15(12-1-2-12)17(29-10-13)30-5-7-31(8-6-30)35(33,34)14-3-4-16(27)28-11-14/h3-4,9-12,32H,1-2,5-8H2,(H2,27,28). The van der Waals surface area contributed by atoms with Crippen LogP contribution in [0.2, 0.25) is 0 Å². The molecule has 2 aromatic heterocycles. The van der Waals surface area contributed by atoms with Gasteiger partial charge in [0.1, 0.15) is 16.5 Å². The van der Waals surface area contributed by atoms with Gasteiger partial charge < -0.3 is 15.7 Å². The number of aromatic nitrogens is 2. The maximum atomic E-state index is 13.3. The third kappa shape index (κ3) is 4.51. The Kier molecular flexibility index (Phi) is 6.17. The number of piperazine rings is 1. The zero-order valence-electron chi connectivity index (χ0n) is 18.0. The largest absolute Gasteiger partial charge is 0.430 e. The Labute approximate surface area is 196 Å². The number of alkyl halides is 6. The SMILES string of the molecule is Nc1ccc(S(=O)(=O)N2CCN(c3ncc(C(O)(C(F)(F)F)C(F)(F)F)cc3C3CC3)CC2)cn1. The minimum atomic E-state index is -6.01. The summed E-state index contributed by atoms with van der Waals surface area (Å²) in [6, 6.07) is 3.38. The fourth-order valence-electron chi connectivity index (χ4n) is 3.95. The van der Waals surface area contributed by atoms with Gasteiger partial charge in [0.25, 0.3) is 5.60 Å². The monoisotopic (exact) mass is 525 g/mol. The second-order valence-corrected chi connectivity index (χ2v) is 10.4. The first kappa shape index (κ1) is 25.4. The number of nitrogen functional groups attached to an aromatic ring is 1. The number of hydrogen-bond acceptors (Lipinski definition) is 7. The highest BCUT2D eigenvalue weighted by Crippen LogP contribution is 2.52. The number of anilines is 2. The van der Waals surface area contributed by atoms with Crippen LogP contribution in [0.5, 0.6) is 0 Å². The van der Waals surface area contributed by atoms with E-state index in [1.165, 1.54) is 16.4 Å². The highest BCUT2D eigenvalue weighted by molar-refractivity contribution is 7.89. The summed E-state index contributed by atoms with van der Waals surface area (Å²) >= 11 is 0. The summed E-state index contributed by atoms with van der Waals surface area (Å²) in [7, 11) is -3.87. The second-order valence-electron chi connectivity index (χ2n) is 8.43. The number of pyridine rings is 2. The second kappa shape index (κ2) is 8.48. The smallest absolute Gasteiger partial charge is 0.384 e. The molecule has 4 rings (SSSR count). The van der Waals surface area contributed by atoms with Gasteiger partial charge in [0.05, 0.1) is 0 Å². The number of nitrogens with two attached hydrogens (primary N) is 1. The molecule has 0 radical (unpaired) electrons. The zero-order chi connectivity index (χ0) is 25.8. The number of aliphatic hydroxyl groups is 1. The van der Waals surface area contributed by atoms with Crippen molar-refractivity contribution in [2.24, 2.45) is 0 Å². The molecule has 35 heavy (non-hydrogen) atoms. The highest BCUT2D eigenvalue weighted by Gasteiger charge is 2.71. The van der Waals surface area contributed by atoms with Gasteiger partial charge in [-0.25, -0.2) is 18.4 Å². The summed E-state index contributed by atoms with van der Waals surface area (Å²) < 4.78 is 107. The lowest BCUT2D eigenvalue weighted by atomic mass is 9.91. The van der Waals surface area contributed by atoms with Crippen molar-refractivity contribution in [2.75, 3.05) is 36.8 Å². The highest BCUT2D eigenvalue weighted by atomic mass is 32.2. The molecule has 2 aliphatic rings. The quantitative estimate of drug-likeness (QED) is 0.578. The maximum Gasteiger partial charge on any atom is 0.430 e. The van der Waals surface area contributed by atoms with Crippen LogP contribution in [0.3, 0.4) is 0 Å². The minimum absolute atomic E-state index is 0.00921. The van der Waals surface area contributed by atoms with Crippen molar-refractivity contribution in [2.45, 2.75) is 41.6 Å². The fraction of sp³-hybridized carbons (Fsp3) is 0.500. The van der Waals surface area contributed by atoms with Crippen molar-refractivity contribution in [3.63, 3.8) is 0 Å². The van der Waals surface area contributed by atoms with Gasteiger partial charge in [0.15, 0.2) is 0 Å². The Hall–Kier alpha value is -2.65. The van der Waals surface area contributed by atoms with Crippen LogP contribution in [-0.2, 0) is 15.6 Å². The summed E-state index contributed by atoms with van der Waals surface area (Å²) in [6.07, 6.45) is -9.41. The van der Waals surface area contributed by atoms with Crippen LogP contribution in [0.25, 0.3) is 0 Å². The van der Waals surface area contributed by atoms with E-state index in [4.69, 9.17) is 5.73 Å². The summed E-state index contributed by atoms with van der Waals surface area (Å²) in [4.78, 5) is 9.22. The van der Waals surface area contributed by atoms with Gasteiger partial charge in [0.2, 0.25) is 10.0 Å². The van der Waals surface area contributed by atoms with Crippen LogP contribution in [0.1, 0.15) is 29.9 Å². The number of sulfonamides is 1. The van der Waals surface area contributed by atoms with Crippen LogP contribution in [0, 0.1) is 0 Å². The van der Waals surface area contributed by atoms with Crippen LogP contribution < -0.4 is 10.6 Å². The molecule has 1 aliphatic carbocycles. The van der Waals surface area contributed by atoms with Gasteiger partial charge in [0, 0.05) is 44.1 Å². The molecule has 1 saturated heterocycles. The van der Waals surface area contributed by atoms with Gasteiger partial charge in [-0.15, -0.1) is 0 Å². The van der Waals surface area contributed by atoms with Gasteiger partial charge in [-0.1, -0.05) is 0 Å². The molecule has 15 heteroatoms. The molecule has 3 N–H and O–H groups in total. The van der Waals surface area contributed by atoms with Crippen molar-refractivity contribution in [1.82, 2.24) is 14.3 Å². The molecule has 0 atom stereocenters. The lowest BCUT2D eigenvalue weighted by molar-refractivity contribution is -0.376. The number of rotatable bonds is 5. The molecule has 1 aliphatic heterocycles. The third-order valence-electron chi connectivity index (χ3n) is 6.09. The molecule has 0 spiro atoms. The third-order valence-corrected chi connectivity index (χ3v) is 7.97. The number of halogens is 6. The Morgan fingerprint density at radius 2 is 1.54 bits per heavy atom. The van der Waals surface area contributed by atoms with E-state index in [0.717, 1.165) is 6.20 Å². The van der Waals surface area contributed by atoms with E-state index in [1.807, 2.05) is 0 Å². The molecule has 1 saturated carbocycles.